The Morgan fingerprint density at radius 2 is 1.30 bits per heavy atom. The maximum atomic E-state index is 12.9. The maximum absolute atomic E-state index is 12.9. The summed E-state index contributed by atoms with van der Waals surface area (Å²) < 4.78 is 50.4. The molecule has 0 aromatic heterocycles. The molecule has 2 aromatic rings. The molecular weight excluding hydrogens is 270 g/mol. The molecule has 1 nitrogen and oxygen atoms in total. The SMILES string of the molecule is CNC(c1ccc(F)cc1)c1ccc(C(F)(F)F)cc1. The summed E-state index contributed by atoms with van der Waals surface area (Å²) >= 11 is 0. The Morgan fingerprint density at radius 3 is 1.70 bits per heavy atom. The molecule has 0 saturated heterocycles. The van der Waals surface area contributed by atoms with Gasteiger partial charge in [0.25, 0.3) is 0 Å². The molecule has 2 aromatic carbocycles. The Labute approximate surface area is 114 Å². The lowest BCUT2D eigenvalue weighted by molar-refractivity contribution is -0.137. The number of halogens is 4. The summed E-state index contributed by atoms with van der Waals surface area (Å²) in [4.78, 5) is 0. The van der Waals surface area contributed by atoms with Crippen molar-refractivity contribution in [2.24, 2.45) is 0 Å². The lowest BCUT2D eigenvalue weighted by Gasteiger charge is -2.18. The van der Waals surface area contributed by atoms with E-state index in [2.05, 4.69) is 5.32 Å². The van der Waals surface area contributed by atoms with Crippen LogP contribution in [0, 0.1) is 5.82 Å². The quantitative estimate of drug-likeness (QED) is 0.834. The van der Waals surface area contributed by atoms with Crippen LogP contribution in [-0.4, -0.2) is 7.05 Å². The number of rotatable bonds is 3. The van der Waals surface area contributed by atoms with Crippen molar-refractivity contribution in [1.29, 1.82) is 0 Å². The second-order valence-electron chi connectivity index (χ2n) is 4.39. The van der Waals surface area contributed by atoms with Gasteiger partial charge in [-0.1, -0.05) is 24.3 Å². The summed E-state index contributed by atoms with van der Waals surface area (Å²) in [6, 6.07) is 10.5. The van der Waals surface area contributed by atoms with Crippen molar-refractivity contribution in [2.45, 2.75) is 12.2 Å². The van der Waals surface area contributed by atoms with Gasteiger partial charge in [0, 0.05) is 0 Å². The first kappa shape index (κ1) is 14.5. The van der Waals surface area contributed by atoms with Crippen LogP contribution in [0.25, 0.3) is 0 Å². The Bertz CT molecular complexity index is 558. The second kappa shape index (κ2) is 5.63. The van der Waals surface area contributed by atoms with E-state index in [-0.39, 0.29) is 11.9 Å². The van der Waals surface area contributed by atoms with Crippen molar-refractivity contribution in [3.8, 4) is 0 Å². The van der Waals surface area contributed by atoms with Gasteiger partial charge in [-0.15, -0.1) is 0 Å². The molecule has 1 atom stereocenters. The second-order valence-corrected chi connectivity index (χ2v) is 4.39. The standard InChI is InChI=1S/C15H13F4N/c1-20-14(11-4-8-13(16)9-5-11)10-2-6-12(7-3-10)15(17,18)19/h2-9,14,20H,1H3. The number of alkyl halides is 3. The minimum atomic E-state index is -4.34. The first-order chi connectivity index (χ1) is 9.41. The molecule has 0 fully saturated rings. The van der Waals surface area contributed by atoms with Gasteiger partial charge in [0.2, 0.25) is 0 Å². The summed E-state index contributed by atoms with van der Waals surface area (Å²) in [5, 5.41) is 3.01. The molecule has 0 bridgehead atoms. The predicted molar refractivity (Wildman–Crippen MR) is 68.7 cm³/mol. The molecule has 2 rings (SSSR count). The van der Waals surface area contributed by atoms with Gasteiger partial charge < -0.3 is 5.32 Å². The molecule has 0 heterocycles. The van der Waals surface area contributed by atoms with Gasteiger partial charge >= 0.3 is 6.18 Å². The highest BCUT2D eigenvalue weighted by molar-refractivity contribution is 5.34. The summed E-state index contributed by atoms with van der Waals surface area (Å²) in [6.45, 7) is 0. The lowest BCUT2D eigenvalue weighted by Crippen LogP contribution is -2.18. The smallest absolute Gasteiger partial charge is 0.309 e. The number of hydrogen-bond acceptors (Lipinski definition) is 1. The average Bonchev–Trinajstić information content (AvgIpc) is 2.41. The van der Waals surface area contributed by atoms with Crippen LogP contribution in [0.15, 0.2) is 48.5 Å². The van der Waals surface area contributed by atoms with E-state index in [9.17, 15) is 17.6 Å². The van der Waals surface area contributed by atoms with E-state index in [1.807, 2.05) is 0 Å². The zero-order chi connectivity index (χ0) is 14.8. The zero-order valence-corrected chi connectivity index (χ0v) is 10.7. The highest BCUT2D eigenvalue weighted by Crippen LogP contribution is 2.31. The molecule has 1 N–H and O–H groups in total. The van der Waals surface area contributed by atoms with Gasteiger partial charge in [-0.05, 0) is 42.4 Å². The lowest BCUT2D eigenvalue weighted by atomic mass is 9.98. The van der Waals surface area contributed by atoms with E-state index < -0.39 is 11.7 Å². The van der Waals surface area contributed by atoms with E-state index in [0.717, 1.165) is 17.7 Å². The zero-order valence-electron chi connectivity index (χ0n) is 10.7. The van der Waals surface area contributed by atoms with Crippen LogP contribution >= 0.6 is 0 Å². The molecule has 20 heavy (non-hydrogen) atoms. The third-order valence-corrected chi connectivity index (χ3v) is 3.06. The molecule has 5 heteroatoms. The van der Waals surface area contributed by atoms with Gasteiger partial charge in [0.1, 0.15) is 5.82 Å². The fourth-order valence-electron chi connectivity index (χ4n) is 2.05. The average molecular weight is 283 g/mol. The monoisotopic (exact) mass is 283 g/mol. The molecule has 0 aliphatic rings. The highest BCUT2D eigenvalue weighted by Gasteiger charge is 2.30. The minimum absolute atomic E-state index is 0.280. The minimum Gasteiger partial charge on any atom is -0.309 e. The van der Waals surface area contributed by atoms with E-state index in [4.69, 9.17) is 0 Å². The third-order valence-electron chi connectivity index (χ3n) is 3.06. The van der Waals surface area contributed by atoms with Crippen LogP contribution in [0.5, 0.6) is 0 Å². The van der Waals surface area contributed by atoms with E-state index in [1.54, 1.807) is 19.2 Å². The van der Waals surface area contributed by atoms with Crippen molar-refractivity contribution in [2.75, 3.05) is 7.05 Å². The molecule has 0 spiro atoms. The van der Waals surface area contributed by atoms with E-state index >= 15 is 0 Å². The van der Waals surface area contributed by atoms with Crippen molar-refractivity contribution in [1.82, 2.24) is 5.32 Å². The van der Waals surface area contributed by atoms with Crippen molar-refractivity contribution in [3.05, 3.63) is 71.0 Å². The molecule has 106 valence electrons. The topological polar surface area (TPSA) is 12.0 Å². The third kappa shape index (κ3) is 3.17. The van der Waals surface area contributed by atoms with Crippen molar-refractivity contribution >= 4 is 0 Å². The van der Waals surface area contributed by atoms with Gasteiger partial charge in [-0.3, -0.25) is 0 Å². The fraction of sp³-hybridized carbons (Fsp3) is 0.200. The van der Waals surface area contributed by atoms with Crippen molar-refractivity contribution in [3.63, 3.8) is 0 Å². The predicted octanol–water partition coefficient (Wildman–Crippen LogP) is 4.15. The summed E-state index contributed by atoms with van der Waals surface area (Å²) in [6.07, 6.45) is -4.34. The Kier molecular flexibility index (Phi) is 4.09. The Balaban J connectivity index is 2.30. The van der Waals surface area contributed by atoms with E-state index in [1.165, 1.54) is 24.3 Å². The van der Waals surface area contributed by atoms with Crippen LogP contribution in [0.2, 0.25) is 0 Å². The van der Waals surface area contributed by atoms with Gasteiger partial charge in [0.15, 0.2) is 0 Å². The number of nitrogens with one attached hydrogen (secondary N) is 1. The van der Waals surface area contributed by atoms with Crippen LogP contribution in [0.4, 0.5) is 17.6 Å². The maximum Gasteiger partial charge on any atom is 0.416 e. The first-order valence-electron chi connectivity index (χ1n) is 6.01. The van der Waals surface area contributed by atoms with Crippen LogP contribution in [-0.2, 0) is 6.18 Å². The molecule has 0 aliphatic carbocycles. The molecule has 1 unspecified atom stereocenters. The highest BCUT2D eigenvalue weighted by atomic mass is 19.4. The fourth-order valence-corrected chi connectivity index (χ4v) is 2.05. The summed E-state index contributed by atoms with van der Waals surface area (Å²) in [5.41, 5.74) is 0.788. The molecule has 0 radical (unpaired) electrons. The summed E-state index contributed by atoms with van der Waals surface area (Å²) in [5.74, 6) is -0.351. The largest absolute Gasteiger partial charge is 0.416 e. The normalized spacial score (nSPS) is 13.2. The van der Waals surface area contributed by atoms with Crippen LogP contribution in [0.1, 0.15) is 22.7 Å². The Hall–Kier alpha value is -1.88. The molecular formula is C15H13F4N. The summed E-state index contributed by atoms with van der Waals surface area (Å²) in [7, 11) is 1.70. The van der Waals surface area contributed by atoms with E-state index in [0.29, 0.717) is 5.56 Å². The van der Waals surface area contributed by atoms with Crippen molar-refractivity contribution < 1.29 is 17.6 Å². The molecule has 0 saturated carbocycles. The first-order valence-corrected chi connectivity index (χ1v) is 6.01. The Morgan fingerprint density at radius 1 is 0.850 bits per heavy atom. The van der Waals surface area contributed by atoms with Crippen LogP contribution in [0.3, 0.4) is 0 Å². The number of benzene rings is 2. The molecule has 0 amide bonds. The van der Waals surface area contributed by atoms with Gasteiger partial charge in [0.05, 0.1) is 11.6 Å². The van der Waals surface area contributed by atoms with Gasteiger partial charge in [-0.25, -0.2) is 4.39 Å². The van der Waals surface area contributed by atoms with Gasteiger partial charge in [-0.2, -0.15) is 13.2 Å². The molecule has 0 aliphatic heterocycles. The van der Waals surface area contributed by atoms with Crippen LogP contribution < -0.4 is 5.32 Å². The number of hydrogen-bond donors (Lipinski definition) is 1.